The second-order valence-electron chi connectivity index (χ2n) is 3.32. The van der Waals surface area contributed by atoms with Gasteiger partial charge in [0, 0.05) is 6.54 Å². The molecule has 4 nitrogen and oxygen atoms in total. The first-order valence-corrected chi connectivity index (χ1v) is 3.58. The smallest absolute Gasteiger partial charge is 0.234 e. The zero-order valence-electron chi connectivity index (χ0n) is 7.22. The van der Waals surface area contributed by atoms with Gasteiger partial charge in [0.05, 0.1) is 11.6 Å². The molecule has 0 saturated carbocycles. The van der Waals surface area contributed by atoms with Crippen molar-refractivity contribution >= 4 is 5.91 Å². The lowest BCUT2D eigenvalue weighted by atomic mass is 10.1. The number of hydrogen-bond donors (Lipinski definition) is 3. The van der Waals surface area contributed by atoms with E-state index in [9.17, 15) is 9.90 Å². The molecule has 0 heterocycles. The molecule has 0 aliphatic heterocycles. The van der Waals surface area contributed by atoms with E-state index in [-0.39, 0.29) is 6.04 Å². The zero-order chi connectivity index (χ0) is 9.07. The Hall–Kier alpha value is -0.610. The van der Waals surface area contributed by atoms with Gasteiger partial charge in [-0.3, -0.25) is 4.79 Å². The SMILES string of the molecule is C[C@@H](NCC(C)(C)O)C(N)=O. The first-order chi connectivity index (χ1) is 4.83. The lowest BCUT2D eigenvalue weighted by molar-refractivity contribution is -0.119. The monoisotopic (exact) mass is 160 g/mol. The van der Waals surface area contributed by atoms with E-state index in [0.29, 0.717) is 6.54 Å². The van der Waals surface area contributed by atoms with Crippen LogP contribution in [0.15, 0.2) is 0 Å². The molecule has 4 N–H and O–H groups in total. The van der Waals surface area contributed by atoms with Crippen LogP contribution >= 0.6 is 0 Å². The molecule has 0 aromatic heterocycles. The molecule has 0 spiro atoms. The summed E-state index contributed by atoms with van der Waals surface area (Å²) in [6, 6.07) is -0.388. The van der Waals surface area contributed by atoms with Crippen molar-refractivity contribution in [1.82, 2.24) is 5.32 Å². The van der Waals surface area contributed by atoms with Gasteiger partial charge in [-0.15, -0.1) is 0 Å². The summed E-state index contributed by atoms with van der Waals surface area (Å²) in [5.41, 5.74) is 4.18. The molecule has 1 atom stereocenters. The van der Waals surface area contributed by atoms with Crippen LogP contribution in [0.1, 0.15) is 20.8 Å². The molecule has 0 aliphatic rings. The minimum atomic E-state index is -0.802. The van der Waals surface area contributed by atoms with Crippen molar-refractivity contribution in [2.75, 3.05) is 6.54 Å². The summed E-state index contributed by atoms with van der Waals surface area (Å²) in [6.07, 6.45) is 0. The number of primary amides is 1. The topological polar surface area (TPSA) is 75.3 Å². The highest BCUT2D eigenvalue weighted by atomic mass is 16.3. The van der Waals surface area contributed by atoms with E-state index in [0.717, 1.165) is 0 Å². The Morgan fingerprint density at radius 2 is 2.18 bits per heavy atom. The Bertz CT molecular complexity index is 140. The van der Waals surface area contributed by atoms with E-state index >= 15 is 0 Å². The quantitative estimate of drug-likeness (QED) is 0.505. The van der Waals surface area contributed by atoms with E-state index < -0.39 is 11.5 Å². The van der Waals surface area contributed by atoms with Crippen LogP contribution in [0.5, 0.6) is 0 Å². The van der Waals surface area contributed by atoms with Crippen LogP contribution in [0.3, 0.4) is 0 Å². The molecular formula is C7H16N2O2. The molecule has 11 heavy (non-hydrogen) atoms. The van der Waals surface area contributed by atoms with Crippen molar-refractivity contribution in [1.29, 1.82) is 0 Å². The number of amides is 1. The second kappa shape index (κ2) is 3.69. The summed E-state index contributed by atoms with van der Waals surface area (Å²) in [6.45, 7) is 5.34. The van der Waals surface area contributed by atoms with Crippen LogP contribution in [0.4, 0.5) is 0 Å². The molecule has 0 fully saturated rings. The largest absolute Gasteiger partial charge is 0.389 e. The highest BCUT2D eigenvalue weighted by Crippen LogP contribution is 1.97. The molecule has 0 radical (unpaired) electrons. The van der Waals surface area contributed by atoms with Gasteiger partial charge >= 0.3 is 0 Å². The number of aliphatic hydroxyl groups is 1. The first-order valence-electron chi connectivity index (χ1n) is 3.58. The van der Waals surface area contributed by atoms with Crippen LogP contribution in [-0.2, 0) is 4.79 Å². The zero-order valence-corrected chi connectivity index (χ0v) is 7.22. The van der Waals surface area contributed by atoms with Crippen LogP contribution in [-0.4, -0.2) is 29.2 Å². The summed E-state index contributed by atoms with van der Waals surface area (Å²) in [5, 5.41) is 12.0. The van der Waals surface area contributed by atoms with Gasteiger partial charge < -0.3 is 16.2 Å². The molecule has 0 rings (SSSR count). The lowest BCUT2D eigenvalue weighted by Crippen LogP contribution is -2.45. The highest BCUT2D eigenvalue weighted by molar-refractivity contribution is 5.79. The average molecular weight is 160 g/mol. The van der Waals surface area contributed by atoms with Crippen LogP contribution < -0.4 is 11.1 Å². The first kappa shape index (κ1) is 10.4. The molecule has 0 aromatic carbocycles. The fourth-order valence-corrected chi connectivity index (χ4v) is 0.503. The third-order valence-corrected chi connectivity index (χ3v) is 1.27. The minimum Gasteiger partial charge on any atom is -0.389 e. The summed E-state index contributed by atoms with van der Waals surface area (Å²) < 4.78 is 0. The predicted molar refractivity (Wildman–Crippen MR) is 43.0 cm³/mol. The maximum atomic E-state index is 10.5. The van der Waals surface area contributed by atoms with Gasteiger partial charge in [0.15, 0.2) is 0 Å². The van der Waals surface area contributed by atoms with Crippen molar-refractivity contribution in [3.63, 3.8) is 0 Å². The third-order valence-electron chi connectivity index (χ3n) is 1.27. The summed E-state index contributed by atoms with van der Waals surface area (Å²) in [7, 11) is 0. The van der Waals surface area contributed by atoms with E-state index in [4.69, 9.17) is 5.73 Å². The fraction of sp³-hybridized carbons (Fsp3) is 0.857. The predicted octanol–water partition coefficient (Wildman–Crippen LogP) is -0.779. The summed E-state index contributed by atoms with van der Waals surface area (Å²) >= 11 is 0. The fourth-order valence-electron chi connectivity index (χ4n) is 0.503. The van der Waals surface area contributed by atoms with Gasteiger partial charge in [-0.2, -0.15) is 0 Å². The van der Waals surface area contributed by atoms with Gasteiger partial charge in [-0.25, -0.2) is 0 Å². The maximum absolute atomic E-state index is 10.5. The molecule has 0 bridgehead atoms. The number of hydrogen-bond acceptors (Lipinski definition) is 3. The van der Waals surface area contributed by atoms with E-state index in [1.54, 1.807) is 20.8 Å². The average Bonchev–Trinajstić information content (AvgIpc) is 1.80. The molecule has 0 aromatic rings. The van der Waals surface area contributed by atoms with Crippen LogP contribution in [0.2, 0.25) is 0 Å². The lowest BCUT2D eigenvalue weighted by Gasteiger charge is -2.19. The van der Waals surface area contributed by atoms with Gasteiger partial charge in [-0.1, -0.05) is 0 Å². The van der Waals surface area contributed by atoms with Crippen molar-refractivity contribution in [2.24, 2.45) is 5.73 Å². The maximum Gasteiger partial charge on any atom is 0.234 e. The Morgan fingerprint density at radius 3 is 2.45 bits per heavy atom. The Labute approximate surface area is 66.8 Å². The summed E-state index contributed by atoms with van der Waals surface area (Å²) in [4.78, 5) is 10.5. The molecule has 66 valence electrons. The standard InChI is InChI=1S/C7H16N2O2/c1-5(6(8)10)9-4-7(2,3)11/h5,9,11H,4H2,1-3H3,(H2,8,10)/t5-/m1/s1. The third kappa shape index (κ3) is 5.82. The van der Waals surface area contributed by atoms with E-state index in [1.807, 2.05) is 0 Å². The number of carbonyl (C=O) groups excluding carboxylic acids is 1. The number of nitrogens with two attached hydrogens (primary N) is 1. The van der Waals surface area contributed by atoms with Gasteiger partial charge in [0.25, 0.3) is 0 Å². The molecule has 4 heteroatoms. The van der Waals surface area contributed by atoms with Gasteiger partial charge in [0.2, 0.25) is 5.91 Å². The molecular weight excluding hydrogens is 144 g/mol. The normalized spacial score (nSPS) is 14.5. The van der Waals surface area contributed by atoms with E-state index in [1.165, 1.54) is 0 Å². The Kier molecular flexibility index (Phi) is 3.48. The Morgan fingerprint density at radius 1 is 1.73 bits per heavy atom. The van der Waals surface area contributed by atoms with Crippen molar-refractivity contribution in [3.8, 4) is 0 Å². The minimum absolute atomic E-state index is 0.358. The van der Waals surface area contributed by atoms with Crippen molar-refractivity contribution in [2.45, 2.75) is 32.4 Å². The number of nitrogens with one attached hydrogen (secondary N) is 1. The van der Waals surface area contributed by atoms with Crippen LogP contribution in [0, 0.1) is 0 Å². The van der Waals surface area contributed by atoms with Crippen molar-refractivity contribution < 1.29 is 9.90 Å². The van der Waals surface area contributed by atoms with Crippen LogP contribution in [0.25, 0.3) is 0 Å². The van der Waals surface area contributed by atoms with E-state index in [2.05, 4.69) is 5.32 Å². The summed E-state index contributed by atoms with van der Waals surface area (Å²) in [5.74, 6) is -0.408. The highest BCUT2D eigenvalue weighted by Gasteiger charge is 2.15. The second-order valence-corrected chi connectivity index (χ2v) is 3.32. The number of carbonyl (C=O) groups is 1. The Balaban J connectivity index is 3.63. The molecule has 0 saturated heterocycles. The number of rotatable bonds is 4. The molecule has 1 amide bonds. The van der Waals surface area contributed by atoms with Gasteiger partial charge in [-0.05, 0) is 20.8 Å². The molecule has 0 unspecified atom stereocenters. The van der Waals surface area contributed by atoms with Crippen molar-refractivity contribution in [3.05, 3.63) is 0 Å². The van der Waals surface area contributed by atoms with Gasteiger partial charge in [0.1, 0.15) is 0 Å². The molecule has 0 aliphatic carbocycles.